The maximum atomic E-state index is 11.0. The van der Waals surface area contributed by atoms with Crippen molar-refractivity contribution in [1.29, 1.82) is 0 Å². The van der Waals surface area contributed by atoms with Crippen LogP contribution < -0.4 is 11.1 Å². The highest BCUT2D eigenvalue weighted by Gasteiger charge is 2.16. The third-order valence-corrected chi connectivity index (χ3v) is 4.33. The average molecular weight is 267 g/mol. The highest BCUT2D eigenvalue weighted by atomic mass is 32.1. The van der Waals surface area contributed by atoms with Crippen LogP contribution in [0.2, 0.25) is 0 Å². The first kappa shape index (κ1) is 13.5. The normalized spacial score (nSPS) is 21.1. The lowest BCUT2D eigenvalue weighted by atomic mass is 9.98. The lowest BCUT2D eigenvalue weighted by Gasteiger charge is -2.29. The zero-order valence-electron chi connectivity index (χ0n) is 10.8. The monoisotopic (exact) mass is 267 g/mol. The van der Waals surface area contributed by atoms with Crippen LogP contribution in [0.4, 0.5) is 0 Å². The van der Waals surface area contributed by atoms with Gasteiger partial charge in [-0.05, 0) is 45.0 Å². The Kier molecular flexibility index (Phi) is 4.74. The molecule has 1 atom stereocenters. The molecule has 1 saturated heterocycles. The predicted molar refractivity (Wildman–Crippen MR) is 74.8 cm³/mol. The summed E-state index contributed by atoms with van der Waals surface area (Å²) in [6.07, 6.45) is 2.61. The first-order chi connectivity index (χ1) is 8.65. The van der Waals surface area contributed by atoms with Gasteiger partial charge in [0.15, 0.2) is 0 Å². The third kappa shape index (κ3) is 3.80. The summed E-state index contributed by atoms with van der Waals surface area (Å²) in [7, 11) is 2.19. The SMILES string of the molecule is CN1CCCC(CNCc2cc(C(N)=O)cs2)C1. The fourth-order valence-corrected chi connectivity index (χ4v) is 3.28. The van der Waals surface area contributed by atoms with Gasteiger partial charge in [0, 0.05) is 23.3 Å². The average Bonchev–Trinajstić information content (AvgIpc) is 2.78. The summed E-state index contributed by atoms with van der Waals surface area (Å²) in [5.74, 6) is 0.408. The Morgan fingerprint density at radius 2 is 2.50 bits per heavy atom. The number of primary amides is 1. The molecule has 1 fully saturated rings. The van der Waals surface area contributed by atoms with E-state index in [0.717, 1.165) is 19.0 Å². The maximum absolute atomic E-state index is 11.0. The Morgan fingerprint density at radius 3 is 3.17 bits per heavy atom. The van der Waals surface area contributed by atoms with Gasteiger partial charge in [0.1, 0.15) is 0 Å². The quantitative estimate of drug-likeness (QED) is 0.845. The molecule has 2 rings (SSSR count). The van der Waals surface area contributed by atoms with E-state index in [2.05, 4.69) is 17.3 Å². The van der Waals surface area contributed by atoms with Gasteiger partial charge in [-0.25, -0.2) is 0 Å². The number of amides is 1. The van der Waals surface area contributed by atoms with Crippen molar-refractivity contribution in [1.82, 2.24) is 10.2 Å². The summed E-state index contributed by atoms with van der Waals surface area (Å²) in [6, 6.07) is 1.88. The summed E-state index contributed by atoms with van der Waals surface area (Å²) >= 11 is 1.59. The molecule has 0 saturated carbocycles. The zero-order chi connectivity index (χ0) is 13.0. The van der Waals surface area contributed by atoms with Gasteiger partial charge in [-0.1, -0.05) is 0 Å². The third-order valence-electron chi connectivity index (χ3n) is 3.39. The van der Waals surface area contributed by atoms with Gasteiger partial charge < -0.3 is 16.0 Å². The highest BCUT2D eigenvalue weighted by molar-refractivity contribution is 7.10. The number of likely N-dealkylation sites (tertiary alicyclic amines) is 1. The molecule has 0 aliphatic carbocycles. The van der Waals surface area contributed by atoms with Crippen LogP contribution in [0, 0.1) is 5.92 Å². The first-order valence-corrected chi connectivity index (χ1v) is 7.29. The van der Waals surface area contributed by atoms with E-state index in [0.29, 0.717) is 5.56 Å². The molecule has 3 N–H and O–H groups in total. The van der Waals surface area contributed by atoms with Gasteiger partial charge in [-0.2, -0.15) is 0 Å². The second-order valence-corrected chi connectivity index (χ2v) is 6.06. The summed E-state index contributed by atoms with van der Waals surface area (Å²) in [5.41, 5.74) is 5.85. The number of piperidine rings is 1. The summed E-state index contributed by atoms with van der Waals surface area (Å²) in [6.45, 7) is 4.29. The molecule has 0 aromatic carbocycles. The second-order valence-electron chi connectivity index (χ2n) is 5.07. The number of nitrogens with zero attached hydrogens (tertiary/aromatic N) is 1. The van der Waals surface area contributed by atoms with E-state index in [1.807, 2.05) is 11.4 Å². The summed E-state index contributed by atoms with van der Waals surface area (Å²) in [5, 5.41) is 5.30. The molecule has 1 aromatic heterocycles. The van der Waals surface area contributed by atoms with Crippen LogP contribution in [0.25, 0.3) is 0 Å². The number of carbonyl (C=O) groups is 1. The molecule has 0 radical (unpaired) electrons. The molecule has 4 nitrogen and oxygen atoms in total. The second kappa shape index (κ2) is 6.31. The van der Waals surface area contributed by atoms with Crippen LogP contribution in [0.15, 0.2) is 11.4 Å². The van der Waals surface area contributed by atoms with Crippen LogP contribution in [0.5, 0.6) is 0 Å². The number of thiophene rings is 1. The predicted octanol–water partition coefficient (Wildman–Crippen LogP) is 1.28. The standard InChI is InChI=1S/C13H21N3OS/c1-16-4-2-3-10(8-16)6-15-7-12-5-11(9-18-12)13(14)17/h5,9-10,15H,2-4,6-8H2,1H3,(H2,14,17). The van der Waals surface area contributed by atoms with Crippen molar-refractivity contribution in [3.05, 3.63) is 21.9 Å². The fourth-order valence-electron chi connectivity index (χ4n) is 2.44. The van der Waals surface area contributed by atoms with Crippen LogP contribution >= 0.6 is 11.3 Å². The first-order valence-electron chi connectivity index (χ1n) is 6.41. The molecular weight excluding hydrogens is 246 g/mol. The van der Waals surface area contributed by atoms with E-state index < -0.39 is 0 Å². The van der Waals surface area contributed by atoms with E-state index in [9.17, 15) is 4.79 Å². The lowest BCUT2D eigenvalue weighted by molar-refractivity contribution is 0.100. The molecule has 100 valence electrons. The minimum atomic E-state index is -0.341. The van der Waals surface area contributed by atoms with Crippen molar-refractivity contribution in [3.8, 4) is 0 Å². The largest absolute Gasteiger partial charge is 0.366 e. The molecule has 1 aliphatic rings. The van der Waals surface area contributed by atoms with Crippen molar-refractivity contribution in [2.24, 2.45) is 11.7 Å². The van der Waals surface area contributed by atoms with E-state index in [-0.39, 0.29) is 5.91 Å². The van der Waals surface area contributed by atoms with Gasteiger partial charge in [-0.3, -0.25) is 4.79 Å². The number of hydrogen-bond donors (Lipinski definition) is 2. The molecule has 5 heteroatoms. The molecule has 0 bridgehead atoms. The molecular formula is C13H21N3OS. The van der Waals surface area contributed by atoms with Crippen LogP contribution in [-0.2, 0) is 6.54 Å². The van der Waals surface area contributed by atoms with Gasteiger partial charge in [0.2, 0.25) is 5.91 Å². The van der Waals surface area contributed by atoms with Crippen molar-refractivity contribution in [3.63, 3.8) is 0 Å². The minimum absolute atomic E-state index is 0.341. The summed E-state index contributed by atoms with van der Waals surface area (Å²) in [4.78, 5) is 14.5. The Hall–Kier alpha value is -0.910. The number of nitrogens with two attached hydrogens (primary N) is 1. The zero-order valence-corrected chi connectivity index (χ0v) is 11.6. The number of hydrogen-bond acceptors (Lipinski definition) is 4. The number of rotatable bonds is 5. The minimum Gasteiger partial charge on any atom is -0.366 e. The Labute approximate surface area is 112 Å². The highest BCUT2D eigenvalue weighted by Crippen LogP contribution is 2.16. The number of nitrogens with one attached hydrogen (secondary N) is 1. The van der Waals surface area contributed by atoms with Crippen molar-refractivity contribution >= 4 is 17.2 Å². The molecule has 1 amide bonds. The molecule has 1 unspecified atom stereocenters. The molecule has 0 spiro atoms. The van der Waals surface area contributed by atoms with Crippen molar-refractivity contribution < 1.29 is 4.79 Å². The lowest BCUT2D eigenvalue weighted by Crippen LogP contribution is -2.37. The van der Waals surface area contributed by atoms with Crippen molar-refractivity contribution in [2.75, 3.05) is 26.7 Å². The topological polar surface area (TPSA) is 58.4 Å². The molecule has 2 heterocycles. The van der Waals surface area contributed by atoms with Crippen molar-refractivity contribution in [2.45, 2.75) is 19.4 Å². The van der Waals surface area contributed by atoms with Gasteiger partial charge >= 0.3 is 0 Å². The van der Waals surface area contributed by atoms with Crippen LogP contribution in [0.3, 0.4) is 0 Å². The fraction of sp³-hybridized carbons (Fsp3) is 0.615. The summed E-state index contributed by atoms with van der Waals surface area (Å²) < 4.78 is 0. The smallest absolute Gasteiger partial charge is 0.249 e. The van der Waals surface area contributed by atoms with Crippen LogP contribution in [0.1, 0.15) is 28.1 Å². The molecule has 18 heavy (non-hydrogen) atoms. The van der Waals surface area contributed by atoms with E-state index in [1.165, 1.54) is 30.8 Å². The molecule has 1 aliphatic heterocycles. The maximum Gasteiger partial charge on any atom is 0.249 e. The van der Waals surface area contributed by atoms with Gasteiger partial charge in [-0.15, -0.1) is 11.3 Å². The van der Waals surface area contributed by atoms with Crippen LogP contribution in [-0.4, -0.2) is 37.5 Å². The number of carbonyl (C=O) groups excluding carboxylic acids is 1. The van der Waals surface area contributed by atoms with Gasteiger partial charge in [0.25, 0.3) is 0 Å². The van der Waals surface area contributed by atoms with Gasteiger partial charge in [0.05, 0.1) is 5.56 Å². The Morgan fingerprint density at radius 1 is 1.67 bits per heavy atom. The molecule has 1 aromatic rings. The van der Waals surface area contributed by atoms with E-state index >= 15 is 0 Å². The Bertz CT molecular complexity index is 405. The Balaban J connectivity index is 1.72. The van der Waals surface area contributed by atoms with E-state index in [4.69, 9.17) is 5.73 Å². The van der Waals surface area contributed by atoms with E-state index in [1.54, 1.807) is 11.3 Å².